The Kier molecular flexibility index (Phi) is 4.86. The van der Waals surface area contributed by atoms with Crippen molar-refractivity contribution in [3.05, 3.63) is 35.9 Å². The lowest BCUT2D eigenvalue weighted by Crippen LogP contribution is -2.28. The number of rotatable bonds is 6. The maximum atomic E-state index is 12.8. The van der Waals surface area contributed by atoms with Crippen molar-refractivity contribution in [1.29, 1.82) is 0 Å². The molecule has 0 bridgehead atoms. The lowest BCUT2D eigenvalue weighted by atomic mass is 10.3. The van der Waals surface area contributed by atoms with Crippen molar-refractivity contribution in [2.45, 2.75) is 44.7 Å². The molecule has 0 amide bonds. The smallest absolute Gasteiger partial charge is 0.246 e. The van der Waals surface area contributed by atoms with Gasteiger partial charge in [0.2, 0.25) is 10.0 Å². The van der Waals surface area contributed by atoms with E-state index in [0.717, 1.165) is 25.2 Å². The monoisotopic (exact) mass is 350 g/mol. The molecule has 1 aromatic heterocycles. The van der Waals surface area contributed by atoms with Crippen LogP contribution in [0, 0.1) is 6.92 Å². The third kappa shape index (κ3) is 3.16. The van der Waals surface area contributed by atoms with E-state index >= 15 is 0 Å². The Balaban J connectivity index is 1.84. The van der Waals surface area contributed by atoms with Gasteiger partial charge >= 0.3 is 0 Å². The van der Waals surface area contributed by atoms with Gasteiger partial charge in [0.15, 0.2) is 5.82 Å². The first-order valence-corrected chi connectivity index (χ1v) is 9.58. The minimum Gasteiger partial charge on any atom is -0.484 e. The number of aryl methyl sites for hydroxylation is 1. The molecule has 0 unspecified atom stereocenters. The van der Waals surface area contributed by atoms with Crippen molar-refractivity contribution in [3.8, 4) is 5.75 Å². The first kappa shape index (κ1) is 16.9. The molecule has 24 heavy (non-hydrogen) atoms. The largest absolute Gasteiger partial charge is 0.484 e. The summed E-state index contributed by atoms with van der Waals surface area (Å²) in [4.78, 5) is 0.214. The predicted octanol–water partition coefficient (Wildman–Crippen LogP) is 1.97. The van der Waals surface area contributed by atoms with Gasteiger partial charge in [-0.15, -0.1) is 10.2 Å². The Morgan fingerprint density at radius 3 is 2.58 bits per heavy atom. The van der Waals surface area contributed by atoms with E-state index in [2.05, 4.69) is 10.2 Å². The Morgan fingerprint density at radius 2 is 1.88 bits per heavy atom. The van der Waals surface area contributed by atoms with Crippen LogP contribution < -0.4 is 4.74 Å². The predicted molar refractivity (Wildman–Crippen MR) is 89.2 cm³/mol. The van der Waals surface area contributed by atoms with Gasteiger partial charge < -0.3 is 9.30 Å². The average Bonchev–Trinajstić information content (AvgIpc) is 3.23. The lowest BCUT2D eigenvalue weighted by Gasteiger charge is -2.18. The zero-order valence-corrected chi connectivity index (χ0v) is 14.8. The van der Waals surface area contributed by atoms with E-state index in [1.54, 1.807) is 24.3 Å². The molecule has 1 fully saturated rings. The minimum atomic E-state index is -3.52. The number of hydrogen-bond donors (Lipinski definition) is 0. The summed E-state index contributed by atoms with van der Waals surface area (Å²) in [6.07, 6.45) is 1.81. The van der Waals surface area contributed by atoms with Crippen LogP contribution in [0.25, 0.3) is 0 Å². The zero-order chi connectivity index (χ0) is 17.2. The van der Waals surface area contributed by atoms with E-state index in [9.17, 15) is 8.42 Å². The third-order valence-electron chi connectivity index (χ3n) is 4.22. The quantitative estimate of drug-likeness (QED) is 0.796. The molecule has 7 nitrogen and oxygen atoms in total. The van der Waals surface area contributed by atoms with Crippen LogP contribution in [-0.2, 0) is 23.2 Å². The molecule has 0 radical (unpaired) electrons. The summed E-state index contributed by atoms with van der Waals surface area (Å²) in [6, 6.07) is 6.77. The van der Waals surface area contributed by atoms with Crippen molar-refractivity contribution in [1.82, 2.24) is 19.1 Å². The molecule has 1 saturated heterocycles. The highest BCUT2D eigenvalue weighted by atomic mass is 32.2. The van der Waals surface area contributed by atoms with Gasteiger partial charge in [-0.25, -0.2) is 8.42 Å². The zero-order valence-electron chi connectivity index (χ0n) is 14.0. The van der Waals surface area contributed by atoms with Crippen LogP contribution in [-0.4, -0.2) is 40.6 Å². The molecule has 3 rings (SSSR count). The van der Waals surface area contributed by atoms with Crippen LogP contribution in [0.5, 0.6) is 5.75 Å². The number of benzene rings is 1. The highest BCUT2D eigenvalue weighted by Crippen LogP contribution is 2.29. The molecule has 0 spiro atoms. The second kappa shape index (κ2) is 6.90. The number of ether oxygens (including phenoxy) is 1. The lowest BCUT2D eigenvalue weighted by molar-refractivity contribution is 0.281. The SMILES string of the molecule is CCn1c(C)nnc1COc1ccccc1S(=O)(=O)N1CCCC1. The molecule has 0 atom stereocenters. The molecule has 0 N–H and O–H groups in total. The highest BCUT2D eigenvalue weighted by Gasteiger charge is 2.29. The molecule has 0 aliphatic carbocycles. The summed E-state index contributed by atoms with van der Waals surface area (Å²) in [6.45, 7) is 5.95. The van der Waals surface area contributed by atoms with Gasteiger partial charge in [0.1, 0.15) is 23.1 Å². The van der Waals surface area contributed by atoms with Gasteiger partial charge in [-0.2, -0.15) is 4.31 Å². The van der Waals surface area contributed by atoms with Gasteiger partial charge in [-0.3, -0.25) is 0 Å². The summed E-state index contributed by atoms with van der Waals surface area (Å²) in [7, 11) is -3.52. The van der Waals surface area contributed by atoms with E-state index in [-0.39, 0.29) is 11.5 Å². The fraction of sp³-hybridized carbons (Fsp3) is 0.500. The number of sulfonamides is 1. The summed E-state index contributed by atoms with van der Waals surface area (Å²) >= 11 is 0. The first-order valence-electron chi connectivity index (χ1n) is 8.14. The molecule has 0 saturated carbocycles. The van der Waals surface area contributed by atoms with E-state index in [4.69, 9.17) is 4.74 Å². The molecule has 1 aliphatic rings. The van der Waals surface area contributed by atoms with E-state index < -0.39 is 10.0 Å². The van der Waals surface area contributed by atoms with Crippen molar-refractivity contribution in [2.75, 3.05) is 13.1 Å². The Bertz CT molecular complexity index is 810. The van der Waals surface area contributed by atoms with Crippen molar-refractivity contribution < 1.29 is 13.2 Å². The molecule has 1 aliphatic heterocycles. The minimum absolute atomic E-state index is 0.182. The molecule has 130 valence electrons. The summed E-state index contributed by atoms with van der Waals surface area (Å²) in [5, 5.41) is 8.14. The van der Waals surface area contributed by atoms with Crippen LogP contribution >= 0.6 is 0 Å². The summed E-state index contributed by atoms with van der Waals surface area (Å²) in [5.41, 5.74) is 0. The van der Waals surface area contributed by atoms with Crippen LogP contribution in [0.15, 0.2) is 29.2 Å². The number of hydrogen-bond acceptors (Lipinski definition) is 5. The van der Waals surface area contributed by atoms with Crippen molar-refractivity contribution >= 4 is 10.0 Å². The van der Waals surface area contributed by atoms with Gasteiger partial charge in [0.25, 0.3) is 0 Å². The Labute approximate surface area is 142 Å². The molecular weight excluding hydrogens is 328 g/mol. The van der Waals surface area contributed by atoms with E-state index in [0.29, 0.717) is 24.7 Å². The second-order valence-corrected chi connectivity index (χ2v) is 7.66. The fourth-order valence-corrected chi connectivity index (χ4v) is 4.58. The number of nitrogens with zero attached hydrogens (tertiary/aromatic N) is 4. The normalized spacial score (nSPS) is 15.8. The first-order chi connectivity index (χ1) is 11.5. The molecule has 2 heterocycles. The summed E-state index contributed by atoms with van der Waals surface area (Å²) < 4.78 is 34.9. The van der Waals surface area contributed by atoms with E-state index in [1.807, 2.05) is 18.4 Å². The third-order valence-corrected chi connectivity index (χ3v) is 6.16. The van der Waals surface area contributed by atoms with Crippen LogP contribution in [0.3, 0.4) is 0 Å². The van der Waals surface area contributed by atoms with Crippen LogP contribution in [0.2, 0.25) is 0 Å². The van der Waals surface area contributed by atoms with Gasteiger partial charge in [0.05, 0.1) is 0 Å². The van der Waals surface area contributed by atoms with Gasteiger partial charge in [-0.1, -0.05) is 12.1 Å². The maximum absolute atomic E-state index is 12.8. The van der Waals surface area contributed by atoms with Gasteiger partial charge in [-0.05, 0) is 38.8 Å². The Morgan fingerprint density at radius 1 is 1.17 bits per heavy atom. The second-order valence-electron chi connectivity index (χ2n) is 5.75. The van der Waals surface area contributed by atoms with Crippen molar-refractivity contribution in [3.63, 3.8) is 0 Å². The highest BCUT2D eigenvalue weighted by molar-refractivity contribution is 7.89. The fourth-order valence-electron chi connectivity index (χ4n) is 2.94. The van der Waals surface area contributed by atoms with Crippen LogP contribution in [0.1, 0.15) is 31.4 Å². The number of aromatic nitrogens is 3. The number of para-hydroxylation sites is 1. The van der Waals surface area contributed by atoms with Crippen molar-refractivity contribution in [2.24, 2.45) is 0 Å². The topological polar surface area (TPSA) is 77.3 Å². The standard InChI is InChI=1S/C16H22N4O3S/c1-3-20-13(2)17-18-16(20)12-23-14-8-4-5-9-15(14)24(21,22)19-10-6-7-11-19/h4-5,8-9H,3,6-7,10-12H2,1-2H3. The Hall–Kier alpha value is -1.93. The molecular formula is C16H22N4O3S. The van der Waals surface area contributed by atoms with Crippen LogP contribution in [0.4, 0.5) is 0 Å². The maximum Gasteiger partial charge on any atom is 0.246 e. The molecule has 1 aromatic carbocycles. The van der Waals surface area contributed by atoms with E-state index in [1.165, 1.54) is 4.31 Å². The average molecular weight is 350 g/mol. The summed E-state index contributed by atoms with van der Waals surface area (Å²) in [5.74, 6) is 1.85. The molecule has 8 heteroatoms. The molecule has 2 aromatic rings. The van der Waals surface area contributed by atoms with Gasteiger partial charge in [0, 0.05) is 19.6 Å².